The van der Waals surface area contributed by atoms with Gasteiger partial charge in [-0.05, 0) is 32.5 Å². The molecular formula is C27H66S4Si4. The molecule has 0 N–H and O–H groups in total. The molecule has 0 unspecified atom stereocenters. The topological polar surface area (TPSA) is 0 Å². The molecule has 0 spiro atoms. The number of rotatable bonds is 19. The van der Waals surface area contributed by atoms with E-state index >= 15 is 0 Å². The molecule has 0 saturated carbocycles. The summed E-state index contributed by atoms with van der Waals surface area (Å²) in [5.41, 5.74) is 0. The van der Waals surface area contributed by atoms with E-state index < -0.39 is 32.3 Å². The molecule has 0 bridgehead atoms. The van der Waals surface area contributed by atoms with Crippen molar-refractivity contribution in [1.82, 2.24) is 0 Å². The van der Waals surface area contributed by atoms with Gasteiger partial charge in [-0.25, -0.2) is 0 Å². The van der Waals surface area contributed by atoms with Crippen LogP contribution in [0.15, 0.2) is 13.2 Å². The normalized spacial score (nSPS) is 12.5. The summed E-state index contributed by atoms with van der Waals surface area (Å²) in [6, 6.07) is 6.02. The lowest BCUT2D eigenvalue weighted by atomic mass is 10.2. The highest BCUT2D eigenvalue weighted by Crippen LogP contribution is 2.43. The molecule has 35 heavy (non-hydrogen) atoms. The summed E-state index contributed by atoms with van der Waals surface area (Å²) in [6.07, 6.45) is 10.2. The van der Waals surface area contributed by atoms with Gasteiger partial charge in [0.05, 0.1) is 0 Å². The molecule has 0 aliphatic heterocycles. The average Bonchev–Trinajstić information content (AvgIpc) is 2.67. The van der Waals surface area contributed by atoms with Gasteiger partial charge < -0.3 is 0 Å². The van der Waals surface area contributed by atoms with Crippen molar-refractivity contribution in [2.45, 2.75) is 148 Å². The first-order valence-electron chi connectivity index (χ1n) is 14.0. The summed E-state index contributed by atoms with van der Waals surface area (Å²) in [4.78, 5) is 0. The fourth-order valence-corrected chi connectivity index (χ4v) is 15.0. The molecule has 0 radical (unpaired) electrons. The summed E-state index contributed by atoms with van der Waals surface area (Å²) >= 11 is 0. The Bertz CT molecular complexity index is 410. The SMILES string of the molecule is C=C.C[Si](C)(C)CCCCCCC[Si](C)(C)C.C[Si](C)(C)CCCSSSSCCC[Si](C)(C)C. The Labute approximate surface area is 244 Å². The minimum Gasteiger partial charge on any atom is -0.106 e. The minimum atomic E-state index is -0.792. The first-order valence-corrected chi connectivity index (χ1v) is 34.0. The van der Waals surface area contributed by atoms with Crippen LogP contribution in [0.2, 0.25) is 103 Å². The van der Waals surface area contributed by atoms with E-state index in [4.69, 9.17) is 0 Å². The summed E-state index contributed by atoms with van der Waals surface area (Å²) in [5, 5.41) is 0. The van der Waals surface area contributed by atoms with E-state index in [1.807, 2.05) is 41.2 Å². The van der Waals surface area contributed by atoms with E-state index in [9.17, 15) is 0 Å². The zero-order valence-corrected chi connectivity index (χ0v) is 33.5. The standard InChI is InChI=1S/C13H32Si2.C12H30S4Si2.C2H4/c1-14(2,3)12-10-8-7-9-11-13-15(4,5)6;1-17(2,3)11-7-9-13-15-16-14-10-8-12-18(4,5)6;1-2/h7-13H2,1-6H3;7-12H2,1-6H3;1-2H2. The Morgan fingerprint density at radius 3 is 0.857 bits per heavy atom. The zero-order chi connectivity index (χ0) is 28.0. The van der Waals surface area contributed by atoms with Crippen LogP contribution in [0.4, 0.5) is 0 Å². The molecule has 8 heteroatoms. The highest BCUT2D eigenvalue weighted by molar-refractivity contribution is 9.26. The average molecular weight is 631 g/mol. The van der Waals surface area contributed by atoms with Gasteiger partial charge in [0.2, 0.25) is 0 Å². The summed E-state index contributed by atoms with van der Waals surface area (Å²) in [7, 11) is 4.98. The third-order valence-electron chi connectivity index (χ3n) is 5.29. The third kappa shape index (κ3) is 49.5. The Balaban J connectivity index is -0.000000554. The van der Waals surface area contributed by atoms with Crippen LogP contribution in [0, 0.1) is 0 Å². The van der Waals surface area contributed by atoms with Gasteiger partial charge in [0.15, 0.2) is 0 Å². The zero-order valence-electron chi connectivity index (χ0n) is 26.2. The highest BCUT2D eigenvalue weighted by Gasteiger charge is 2.14. The largest absolute Gasteiger partial charge is 0.106 e. The van der Waals surface area contributed by atoms with E-state index in [0.29, 0.717) is 0 Å². The molecule has 0 aliphatic rings. The van der Waals surface area contributed by atoms with Crippen LogP contribution in [0.25, 0.3) is 0 Å². The van der Waals surface area contributed by atoms with Crippen molar-refractivity contribution in [1.29, 1.82) is 0 Å². The fourth-order valence-electron chi connectivity index (χ4n) is 3.27. The molecule has 0 saturated heterocycles. The van der Waals surface area contributed by atoms with Gasteiger partial charge in [0, 0.05) is 43.8 Å². The van der Waals surface area contributed by atoms with E-state index in [-0.39, 0.29) is 0 Å². The molecule has 0 heterocycles. The first-order chi connectivity index (χ1) is 15.9. The van der Waals surface area contributed by atoms with Crippen LogP contribution in [0.3, 0.4) is 0 Å². The lowest BCUT2D eigenvalue weighted by Crippen LogP contribution is -2.19. The Morgan fingerprint density at radius 1 is 0.371 bits per heavy atom. The van der Waals surface area contributed by atoms with E-state index in [0.717, 1.165) is 0 Å². The number of hydrogen-bond donors (Lipinski definition) is 0. The summed E-state index contributed by atoms with van der Waals surface area (Å²) in [5.74, 6) is 2.66. The predicted octanol–water partition coefficient (Wildman–Crippen LogP) is 13.5. The molecule has 214 valence electrons. The van der Waals surface area contributed by atoms with Gasteiger partial charge in [0.25, 0.3) is 0 Å². The number of hydrogen-bond acceptors (Lipinski definition) is 4. The van der Waals surface area contributed by atoms with Crippen LogP contribution < -0.4 is 0 Å². The lowest BCUT2D eigenvalue weighted by Gasteiger charge is -2.16. The van der Waals surface area contributed by atoms with Crippen LogP contribution in [0.5, 0.6) is 0 Å². The fraction of sp³-hybridized carbons (Fsp3) is 0.926. The van der Waals surface area contributed by atoms with Crippen molar-refractivity contribution >= 4 is 73.5 Å². The first kappa shape index (κ1) is 41.5. The maximum Gasteiger partial charge on any atom is 0.0442 e. The molecule has 0 rings (SSSR count). The van der Waals surface area contributed by atoms with Crippen LogP contribution in [-0.2, 0) is 0 Å². The second-order valence-electron chi connectivity index (χ2n) is 14.5. The molecule has 0 fully saturated rings. The van der Waals surface area contributed by atoms with Crippen molar-refractivity contribution in [2.24, 2.45) is 0 Å². The molecule has 0 aromatic heterocycles. The third-order valence-corrected chi connectivity index (χ3v) is 19.3. The predicted molar refractivity (Wildman–Crippen MR) is 196 cm³/mol. The van der Waals surface area contributed by atoms with Crippen LogP contribution in [0.1, 0.15) is 44.9 Å². The van der Waals surface area contributed by atoms with E-state index in [1.165, 1.54) is 80.6 Å². The second kappa shape index (κ2) is 23.9. The van der Waals surface area contributed by atoms with Gasteiger partial charge in [-0.1, -0.05) is 156 Å². The molecule has 0 aromatic rings. The minimum absolute atomic E-state index is 0.749. The molecule has 0 atom stereocenters. The summed E-state index contributed by atoms with van der Waals surface area (Å²) < 4.78 is 0. The molecular weight excluding hydrogens is 565 g/mol. The van der Waals surface area contributed by atoms with Crippen molar-refractivity contribution in [3.63, 3.8) is 0 Å². The van der Waals surface area contributed by atoms with Gasteiger partial charge in [-0.2, -0.15) is 0 Å². The van der Waals surface area contributed by atoms with Crippen molar-refractivity contribution < 1.29 is 0 Å². The van der Waals surface area contributed by atoms with Gasteiger partial charge in [0.1, 0.15) is 0 Å². The summed E-state index contributed by atoms with van der Waals surface area (Å²) in [6.45, 7) is 35.7. The molecule has 0 nitrogen and oxygen atoms in total. The lowest BCUT2D eigenvalue weighted by molar-refractivity contribution is 0.650. The maximum absolute atomic E-state index is 3.00. The molecule has 0 amide bonds. The Kier molecular flexibility index (Phi) is 28.3. The molecule has 0 aromatic carbocycles. The Morgan fingerprint density at radius 2 is 0.600 bits per heavy atom. The van der Waals surface area contributed by atoms with Gasteiger partial charge in [-0.3, -0.25) is 0 Å². The smallest absolute Gasteiger partial charge is 0.0442 e. The molecule has 0 aliphatic carbocycles. The van der Waals surface area contributed by atoms with E-state index in [1.54, 1.807) is 0 Å². The van der Waals surface area contributed by atoms with Crippen molar-refractivity contribution in [2.75, 3.05) is 11.5 Å². The number of unbranched alkanes of at least 4 members (excludes halogenated alkanes) is 4. The van der Waals surface area contributed by atoms with Crippen molar-refractivity contribution in [3.8, 4) is 0 Å². The van der Waals surface area contributed by atoms with Crippen molar-refractivity contribution in [3.05, 3.63) is 13.2 Å². The van der Waals surface area contributed by atoms with Crippen LogP contribution >= 0.6 is 41.2 Å². The van der Waals surface area contributed by atoms with Gasteiger partial charge >= 0.3 is 0 Å². The quantitative estimate of drug-likeness (QED) is 0.0602. The maximum atomic E-state index is 3.00. The van der Waals surface area contributed by atoms with Gasteiger partial charge in [-0.15, -0.1) is 13.2 Å². The highest BCUT2D eigenvalue weighted by atomic mass is 33.7. The Hall–Kier alpha value is 2.01. The monoisotopic (exact) mass is 630 g/mol. The van der Waals surface area contributed by atoms with E-state index in [2.05, 4.69) is 91.7 Å². The second-order valence-corrected chi connectivity index (χ2v) is 43.2. The van der Waals surface area contributed by atoms with Crippen LogP contribution in [-0.4, -0.2) is 43.8 Å².